The third-order valence-electron chi connectivity index (χ3n) is 3.81. The lowest BCUT2D eigenvalue weighted by Gasteiger charge is -2.29. The number of carbonyl (C=O) groups is 1. The summed E-state index contributed by atoms with van der Waals surface area (Å²) in [6.45, 7) is 1.99. The maximum atomic E-state index is 13.5. The summed E-state index contributed by atoms with van der Waals surface area (Å²) in [4.78, 5) is 11.2. The molecule has 1 fully saturated rings. The fourth-order valence-corrected chi connectivity index (χ4v) is 2.79. The van der Waals surface area contributed by atoms with Crippen LogP contribution in [-0.2, 0) is 4.79 Å². The van der Waals surface area contributed by atoms with Gasteiger partial charge in [0.1, 0.15) is 6.04 Å². The number of carbonyl (C=O) groups excluding carboxylic acids is 1. The molecule has 1 atom stereocenters. The molecule has 2 aromatic carbocycles. The van der Waals surface area contributed by atoms with Gasteiger partial charge in [-0.2, -0.15) is 13.2 Å². The molecule has 0 spiro atoms. The van der Waals surface area contributed by atoms with Gasteiger partial charge in [-0.25, -0.2) is 5.01 Å². The van der Waals surface area contributed by atoms with Crippen molar-refractivity contribution < 1.29 is 18.0 Å². The monoisotopic (exact) mass is 308 g/mol. The molecular formula is C16H15F3N2O. The minimum absolute atomic E-state index is 0.0505. The number of fused-ring (bicyclic) bond motifs is 1. The topological polar surface area (TPSA) is 32.3 Å². The average molecular weight is 308 g/mol. The van der Waals surface area contributed by atoms with E-state index in [9.17, 15) is 18.0 Å². The van der Waals surface area contributed by atoms with E-state index in [0.29, 0.717) is 0 Å². The predicted octanol–water partition coefficient (Wildman–Crippen LogP) is 3.49. The second kappa shape index (κ2) is 5.28. The van der Waals surface area contributed by atoms with Gasteiger partial charge in [0.05, 0.1) is 0 Å². The van der Waals surface area contributed by atoms with Gasteiger partial charge in [0.15, 0.2) is 0 Å². The number of alkyl halides is 3. The maximum absolute atomic E-state index is 13.5. The number of nitrogens with zero attached hydrogens (tertiary/aromatic N) is 1. The van der Waals surface area contributed by atoms with Crippen LogP contribution >= 0.6 is 0 Å². The minimum Gasteiger partial charge on any atom is -0.288 e. The van der Waals surface area contributed by atoms with Gasteiger partial charge in [-0.15, -0.1) is 0 Å². The summed E-state index contributed by atoms with van der Waals surface area (Å²) in [5.41, 5.74) is 3.48. The Balaban J connectivity index is 2.04. The Morgan fingerprint density at radius 3 is 2.45 bits per heavy atom. The van der Waals surface area contributed by atoms with Crippen molar-refractivity contribution in [2.75, 3.05) is 6.54 Å². The van der Waals surface area contributed by atoms with Crippen LogP contribution in [0.4, 0.5) is 13.2 Å². The Morgan fingerprint density at radius 1 is 1.14 bits per heavy atom. The largest absolute Gasteiger partial charge is 0.409 e. The Bertz CT molecular complexity index is 727. The molecule has 6 heteroatoms. The van der Waals surface area contributed by atoms with E-state index < -0.39 is 12.2 Å². The zero-order valence-electron chi connectivity index (χ0n) is 11.9. The summed E-state index contributed by atoms with van der Waals surface area (Å²) >= 11 is 0. The van der Waals surface area contributed by atoms with Gasteiger partial charge in [-0.05, 0) is 29.3 Å². The van der Waals surface area contributed by atoms with Gasteiger partial charge < -0.3 is 0 Å². The third-order valence-corrected chi connectivity index (χ3v) is 3.81. The number of aryl methyl sites for hydroxylation is 1. The molecule has 0 aliphatic carbocycles. The minimum atomic E-state index is -4.46. The van der Waals surface area contributed by atoms with Crippen molar-refractivity contribution in [3.05, 3.63) is 47.5 Å². The summed E-state index contributed by atoms with van der Waals surface area (Å²) < 4.78 is 40.4. The van der Waals surface area contributed by atoms with E-state index in [0.717, 1.165) is 21.3 Å². The van der Waals surface area contributed by atoms with E-state index in [1.165, 1.54) is 12.1 Å². The number of hydrogen-bond donors (Lipinski definition) is 1. The second-order valence-corrected chi connectivity index (χ2v) is 5.53. The summed E-state index contributed by atoms with van der Waals surface area (Å²) in [5.74, 6) is -0.384. The molecule has 116 valence electrons. The lowest BCUT2D eigenvalue weighted by molar-refractivity contribution is -0.191. The van der Waals surface area contributed by atoms with Crippen LogP contribution in [0.15, 0.2) is 36.4 Å². The number of hydrogen-bond acceptors (Lipinski definition) is 2. The molecule has 1 N–H and O–H groups in total. The van der Waals surface area contributed by atoms with Crippen molar-refractivity contribution >= 4 is 16.7 Å². The van der Waals surface area contributed by atoms with Crippen LogP contribution < -0.4 is 5.43 Å². The molecule has 1 amide bonds. The Kier molecular flexibility index (Phi) is 3.56. The van der Waals surface area contributed by atoms with Crippen LogP contribution in [-0.4, -0.2) is 23.6 Å². The van der Waals surface area contributed by atoms with Gasteiger partial charge in [0, 0.05) is 13.0 Å². The van der Waals surface area contributed by atoms with E-state index in [4.69, 9.17) is 0 Å². The molecule has 1 aliphatic rings. The first-order valence-corrected chi connectivity index (χ1v) is 6.98. The highest BCUT2D eigenvalue weighted by Gasteiger charge is 2.46. The number of rotatable bonds is 2. The van der Waals surface area contributed by atoms with Crippen molar-refractivity contribution in [2.24, 2.45) is 0 Å². The van der Waals surface area contributed by atoms with Gasteiger partial charge in [0.2, 0.25) is 5.91 Å². The fourth-order valence-electron chi connectivity index (χ4n) is 2.79. The zero-order valence-corrected chi connectivity index (χ0v) is 11.9. The van der Waals surface area contributed by atoms with Crippen molar-refractivity contribution in [1.29, 1.82) is 0 Å². The molecule has 0 bridgehead atoms. The molecule has 0 radical (unpaired) electrons. The van der Waals surface area contributed by atoms with E-state index >= 15 is 0 Å². The van der Waals surface area contributed by atoms with Crippen LogP contribution in [0.25, 0.3) is 10.8 Å². The normalized spacial score (nSPS) is 17.7. The molecule has 2 aromatic rings. The van der Waals surface area contributed by atoms with Crippen LogP contribution in [0.3, 0.4) is 0 Å². The first-order valence-electron chi connectivity index (χ1n) is 6.98. The highest BCUT2D eigenvalue weighted by molar-refractivity contribution is 5.84. The molecule has 1 aliphatic heterocycles. The zero-order chi connectivity index (χ0) is 15.9. The lowest BCUT2D eigenvalue weighted by Crippen LogP contribution is -2.43. The molecule has 0 saturated carbocycles. The first kappa shape index (κ1) is 14.8. The first-order chi connectivity index (χ1) is 10.3. The molecule has 0 unspecified atom stereocenters. The van der Waals surface area contributed by atoms with Gasteiger partial charge in [0.25, 0.3) is 0 Å². The molecule has 0 aromatic heterocycles. The van der Waals surface area contributed by atoms with E-state index in [2.05, 4.69) is 5.43 Å². The second-order valence-electron chi connectivity index (χ2n) is 5.53. The maximum Gasteiger partial charge on any atom is 0.409 e. The molecule has 3 rings (SSSR count). The van der Waals surface area contributed by atoms with Crippen molar-refractivity contribution in [3.8, 4) is 0 Å². The number of amides is 1. The summed E-state index contributed by atoms with van der Waals surface area (Å²) in [7, 11) is 0. The summed E-state index contributed by atoms with van der Waals surface area (Å²) in [6, 6.07) is 8.48. The third kappa shape index (κ3) is 2.78. The Labute approximate surface area is 125 Å². The van der Waals surface area contributed by atoms with Crippen molar-refractivity contribution in [3.63, 3.8) is 0 Å². The van der Waals surface area contributed by atoms with Crippen LogP contribution in [0.2, 0.25) is 0 Å². The standard InChI is InChI=1S/C16H15F3N2O/c1-10-2-3-12-9-13(5-4-11(12)8-10)15(16(17,18)19)21-7-6-14(22)20-21/h2-5,8-9,15H,6-7H2,1H3,(H,20,22)/t15-/m0/s1. The summed E-state index contributed by atoms with van der Waals surface area (Å²) in [6.07, 6.45) is -4.38. The van der Waals surface area contributed by atoms with E-state index in [1.54, 1.807) is 6.07 Å². The highest BCUT2D eigenvalue weighted by Crippen LogP contribution is 2.38. The van der Waals surface area contributed by atoms with Crippen molar-refractivity contribution in [1.82, 2.24) is 10.4 Å². The highest BCUT2D eigenvalue weighted by atomic mass is 19.4. The Morgan fingerprint density at radius 2 is 1.82 bits per heavy atom. The van der Waals surface area contributed by atoms with Gasteiger partial charge in [-0.3, -0.25) is 10.2 Å². The van der Waals surface area contributed by atoms with Crippen LogP contribution in [0.1, 0.15) is 23.6 Å². The molecule has 1 saturated heterocycles. The quantitative estimate of drug-likeness (QED) is 0.921. The smallest absolute Gasteiger partial charge is 0.288 e. The van der Waals surface area contributed by atoms with E-state index in [-0.39, 0.29) is 24.4 Å². The Hall–Kier alpha value is -2.08. The fraction of sp³-hybridized carbons (Fsp3) is 0.312. The van der Waals surface area contributed by atoms with Crippen LogP contribution in [0.5, 0.6) is 0 Å². The average Bonchev–Trinajstić information content (AvgIpc) is 2.83. The SMILES string of the molecule is Cc1ccc2cc([C@H](N3CCC(=O)N3)C(F)(F)F)ccc2c1. The number of hydrazine groups is 1. The predicted molar refractivity (Wildman–Crippen MR) is 76.9 cm³/mol. The lowest BCUT2D eigenvalue weighted by atomic mass is 10.00. The van der Waals surface area contributed by atoms with E-state index in [1.807, 2.05) is 25.1 Å². The molecule has 22 heavy (non-hydrogen) atoms. The van der Waals surface area contributed by atoms with Crippen LogP contribution in [0, 0.1) is 6.92 Å². The van der Waals surface area contributed by atoms with Gasteiger partial charge in [-0.1, -0.05) is 35.9 Å². The number of halogens is 3. The number of nitrogens with one attached hydrogen (secondary N) is 1. The van der Waals surface area contributed by atoms with Crippen molar-refractivity contribution in [2.45, 2.75) is 25.6 Å². The molecule has 3 nitrogen and oxygen atoms in total. The summed E-state index contributed by atoms with van der Waals surface area (Å²) in [5, 5.41) is 2.62. The van der Waals surface area contributed by atoms with Gasteiger partial charge >= 0.3 is 6.18 Å². The number of benzene rings is 2. The molecular weight excluding hydrogens is 293 g/mol. The molecule has 1 heterocycles.